The number of carbonyl (C=O) groups excluding carboxylic acids is 3. The molecule has 0 heterocycles. The predicted molar refractivity (Wildman–Crippen MR) is 104 cm³/mol. The summed E-state index contributed by atoms with van der Waals surface area (Å²) >= 11 is 5.75. The molecule has 0 unspecified atom stereocenters. The van der Waals surface area contributed by atoms with Gasteiger partial charge in [0.05, 0.1) is 12.7 Å². The summed E-state index contributed by atoms with van der Waals surface area (Å²) in [5.41, 5.74) is 0.300. The summed E-state index contributed by atoms with van der Waals surface area (Å²) in [4.78, 5) is 35.0. The van der Waals surface area contributed by atoms with E-state index in [0.717, 1.165) is 0 Å². The van der Waals surface area contributed by atoms with Crippen molar-refractivity contribution in [2.24, 2.45) is 0 Å². The maximum Gasteiger partial charge on any atom is 0.410 e. The van der Waals surface area contributed by atoms with E-state index < -0.39 is 24.8 Å². The van der Waals surface area contributed by atoms with Gasteiger partial charge in [0.2, 0.25) is 6.79 Å². The quantitative estimate of drug-likeness (QED) is 0.286. The molecule has 0 aromatic heterocycles. The smallest absolute Gasteiger partial charge is 0.410 e. The second-order valence-corrected chi connectivity index (χ2v) is 6.10. The van der Waals surface area contributed by atoms with Gasteiger partial charge < -0.3 is 24.3 Å². The number of hydrogen-bond acceptors (Lipinski definition) is 7. The number of amides is 1. The van der Waals surface area contributed by atoms with Gasteiger partial charge in [-0.1, -0.05) is 11.6 Å². The van der Waals surface area contributed by atoms with E-state index in [1.165, 1.54) is 19.2 Å². The maximum atomic E-state index is 11.8. The number of halogens is 1. The number of nitrogens with one attached hydrogen (secondary N) is 1. The molecule has 0 bridgehead atoms. The van der Waals surface area contributed by atoms with Crippen LogP contribution in [0.15, 0.2) is 48.5 Å². The Labute approximate surface area is 172 Å². The Bertz CT molecular complexity index is 822. The third kappa shape index (κ3) is 8.10. The largest absolute Gasteiger partial charge is 0.497 e. The molecular weight excluding hydrogens is 402 g/mol. The number of methoxy groups -OCH3 is 1. The predicted octanol–water partition coefficient (Wildman–Crippen LogP) is 3.57. The average molecular weight is 422 g/mol. The zero-order valence-corrected chi connectivity index (χ0v) is 16.4. The molecule has 0 atom stereocenters. The molecule has 0 saturated heterocycles. The molecule has 9 heteroatoms. The van der Waals surface area contributed by atoms with Crippen molar-refractivity contribution in [3.05, 3.63) is 59.1 Å². The number of esters is 2. The van der Waals surface area contributed by atoms with E-state index in [4.69, 9.17) is 30.5 Å². The Morgan fingerprint density at radius 1 is 0.931 bits per heavy atom. The summed E-state index contributed by atoms with van der Waals surface area (Å²) in [5.74, 6) is -0.0685. The molecule has 1 amide bonds. The summed E-state index contributed by atoms with van der Waals surface area (Å²) in [7, 11) is 1.52. The summed E-state index contributed by atoms with van der Waals surface area (Å²) in [6.45, 7) is -0.337. The molecule has 154 valence electrons. The molecule has 2 aromatic carbocycles. The summed E-state index contributed by atoms with van der Waals surface area (Å²) in [5, 5.41) is 2.99. The third-order valence-electron chi connectivity index (χ3n) is 3.58. The molecule has 0 spiro atoms. The van der Waals surface area contributed by atoms with Gasteiger partial charge in [0.25, 0.3) is 0 Å². The van der Waals surface area contributed by atoms with Gasteiger partial charge in [0, 0.05) is 18.0 Å². The number of benzene rings is 2. The molecule has 2 rings (SSSR count). The van der Waals surface area contributed by atoms with Crippen LogP contribution < -0.4 is 14.8 Å². The highest BCUT2D eigenvalue weighted by molar-refractivity contribution is 6.30. The van der Waals surface area contributed by atoms with Crippen LogP contribution in [0.3, 0.4) is 0 Å². The average Bonchev–Trinajstić information content (AvgIpc) is 2.73. The van der Waals surface area contributed by atoms with Crippen LogP contribution in [0.25, 0.3) is 0 Å². The molecule has 2 aromatic rings. The van der Waals surface area contributed by atoms with E-state index in [1.807, 2.05) is 0 Å². The van der Waals surface area contributed by atoms with Crippen molar-refractivity contribution in [2.75, 3.05) is 20.4 Å². The molecule has 29 heavy (non-hydrogen) atoms. The Hall–Kier alpha value is -3.26. The fourth-order valence-corrected chi connectivity index (χ4v) is 2.23. The van der Waals surface area contributed by atoms with Crippen molar-refractivity contribution in [1.82, 2.24) is 5.32 Å². The normalized spacial score (nSPS) is 10.0. The van der Waals surface area contributed by atoms with Gasteiger partial charge in [0.15, 0.2) is 0 Å². The molecule has 0 aliphatic rings. The molecule has 1 N–H and O–H groups in total. The molecular formula is C20H20ClNO7. The minimum Gasteiger partial charge on any atom is -0.497 e. The molecule has 0 aliphatic heterocycles. The van der Waals surface area contributed by atoms with Crippen molar-refractivity contribution in [1.29, 1.82) is 0 Å². The highest BCUT2D eigenvalue weighted by Gasteiger charge is 2.10. The summed E-state index contributed by atoms with van der Waals surface area (Å²) in [6, 6.07) is 12.7. The first-order chi connectivity index (χ1) is 14.0. The van der Waals surface area contributed by atoms with Gasteiger partial charge in [-0.2, -0.15) is 0 Å². The van der Waals surface area contributed by atoms with Crippen LogP contribution in [-0.2, 0) is 14.3 Å². The lowest BCUT2D eigenvalue weighted by Crippen LogP contribution is -2.27. The highest BCUT2D eigenvalue weighted by Crippen LogP contribution is 2.16. The molecule has 0 aliphatic carbocycles. The third-order valence-corrected chi connectivity index (χ3v) is 3.83. The Balaban J connectivity index is 1.56. The fraction of sp³-hybridized carbons (Fsp3) is 0.250. The Morgan fingerprint density at radius 2 is 1.59 bits per heavy atom. The molecule has 0 radical (unpaired) electrons. The number of rotatable bonds is 9. The monoisotopic (exact) mass is 421 g/mol. The molecule has 0 fully saturated rings. The van der Waals surface area contributed by atoms with Crippen molar-refractivity contribution in [2.45, 2.75) is 12.8 Å². The SMILES string of the molecule is COc1ccc(C(=O)OCOC(=O)NCCCC(=O)Oc2ccc(Cl)cc2)cc1. The molecule has 8 nitrogen and oxygen atoms in total. The van der Waals surface area contributed by atoms with Crippen molar-refractivity contribution >= 4 is 29.6 Å². The van der Waals surface area contributed by atoms with Crippen LogP contribution in [0.5, 0.6) is 11.5 Å². The van der Waals surface area contributed by atoms with E-state index in [0.29, 0.717) is 28.5 Å². The van der Waals surface area contributed by atoms with Crippen LogP contribution in [0.1, 0.15) is 23.2 Å². The van der Waals surface area contributed by atoms with Crippen molar-refractivity contribution in [3.63, 3.8) is 0 Å². The van der Waals surface area contributed by atoms with Gasteiger partial charge in [-0.05, 0) is 55.0 Å². The Morgan fingerprint density at radius 3 is 2.24 bits per heavy atom. The second-order valence-electron chi connectivity index (χ2n) is 5.67. The number of alkyl carbamates (subject to hydrolysis) is 1. The fourth-order valence-electron chi connectivity index (χ4n) is 2.11. The number of carbonyl (C=O) groups is 3. The summed E-state index contributed by atoms with van der Waals surface area (Å²) in [6.07, 6.45) is -0.304. The number of ether oxygens (including phenoxy) is 4. The maximum absolute atomic E-state index is 11.8. The van der Waals surface area contributed by atoms with Crippen LogP contribution in [0.2, 0.25) is 5.02 Å². The topological polar surface area (TPSA) is 100 Å². The van der Waals surface area contributed by atoms with E-state index >= 15 is 0 Å². The lowest BCUT2D eigenvalue weighted by atomic mass is 10.2. The lowest BCUT2D eigenvalue weighted by Gasteiger charge is -2.08. The second kappa shape index (κ2) is 11.6. The van der Waals surface area contributed by atoms with Crippen LogP contribution in [0.4, 0.5) is 4.79 Å². The van der Waals surface area contributed by atoms with E-state index in [9.17, 15) is 14.4 Å². The standard InChI is InChI=1S/C20H20ClNO7/c1-26-16-8-4-14(5-9-16)19(24)27-13-28-20(25)22-12-2-3-18(23)29-17-10-6-15(21)7-11-17/h4-11H,2-3,12-13H2,1H3,(H,22,25). The van der Waals surface area contributed by atoms with Gasteiger partial charge in [-0.3, -0.25) is 4.79 Å². The van der Waals surface area contributed by atoms with Crippen LogP contribution >= 0.6 is 11.6 Å². The van der Waals surface area contributed by atoms with E-state index in [2.05, 4.69) is 5.32 Å². The summed E-state index contributed by atoms with van der Waals surface area (Å²) < 4.78 is 19.7. The first-order valence-corrected chi connectivity index (χ1v) is 9.04. The van der Waals surface area contributed by atoms with Crippen molar-refractivity contribution < 1.29 is 33.3 Å². The van der Waals surface area contributed by atoms with Gasteiger partial charge in [-0.15, -0.1) is 0 Å². The lowest BCUT2D eigenvalue weighted by molar-refractivity contribution is -0.134. The zero-order chi connectivity index (χ0) is 21.1. The minimum atomic E-state index is -0.765. The highest BCUT2D eigenvalue weighted by atomic mass is 35.5. The van der Waals surface area contributed by atoms with Gasteiger partial charge >= 0.3 is 18.0 Å². The Kier molecular flexibility index (Phi) is 8.78. The van der Waals surface area contributed by atoms with Crippen LogP contribution in [-0.4, -0.2) is 38.5 Å². The molecule has 0 saturated carbocycles. The van der Waals surface area contributed by atoms with E-state index in [-0.39, 0.29) is 13.0 Å². The van der Waals surface area contributed by atoms with E-state index in [1.54, 1.807) is 36.4 Å². The van der Waals surface area contributed by atoms with Crippen LogP contribution in [0, 0.1) is 0 Å². The zero-order valence-electron chi connectivity index (χ0n) is 15.7. The first-order valence-electron chi connectivity index (χ1n) is 8.66. The van der Waals surface area contributed by atoms with Crippen molar-refractivity contribution in [3.8, 4) is 11.5 Å². The van der Waals surface area contributed by atoms with Gasteiger partial charge in [0.1, 0.15) is 11.5 Å². The van der Waals surface area contributed by atoms with Gasteiger partial charge in [-0.25, -0.2) is 9.59 Å². The minimum absolute atomic E-state index is 0.107. The first kappa shape index (κ1) is 22.0. The number of hydrogen-bond donors (Lipinski definition) is 1.